The Hall–Kier alpha value is -1.10. The van der Waals surface area contributed by atoms with E-state index in [2.05, 4.69) is 5.32 Å². The van der Waals surface area contributed by atoms with Crippen LogP contribution in [0.3, 0.4) is 0 Å². The van der Waals surface area contributed by atoms with Gasteiger partial charge in [-0.05, 0) is 25.7 Å². The molecule has 0 bridgehead atoms. The van der Waals surface area contributed by atoms with Crippen LogP contribution in [0.5, 0.6) is 0 Å². The summed E-state index contributed by atoms with van der Waals surface area (Å²) < 4.78 is 10.3. The third-order valence-electron chi connectivity index (χ3n) is 4.12. The average molecular weight is 269 g/mol. The van der Waals surface area contributed by atoms with Crippen molar-refractivity contribution < 1.29 is 19.1 Å². The van der Waals surface area contributed by atoms with Gasteiger partial charge in [-0.1, -0.05) is 25.7 Å². The quantitative estimate of drug-likeness (QED) is 0.623. The van der Waals surface area contributed by atoms with Gasteiger partial charge in [0.15, 0.2) is 0 Å². The Morgan fingerprint density at radius 1 is 1.16 bits per heavy atom. The zero-order valence-electron chi connectivity index (χ0n) is 11.6. The Kier molecular flexibility index (Phi) is 4.80. The Balaban J connectivity index is 2.07. The van der Waals surface area contributed by atoms with Crippen LogP contribution in [0.1, 0.15) is 51.4 Å². The van der Waals surface area contributed by atoms with Crippen molar-refractivity contribution in [2.45, 2.75) is 63.0 Å². The summed E-state index contributed by atoms with van der Waals surface area (Å²) >= 11 is 0. The Labute approximate surface area is 114 Å². The fourth-order valence-electron chi connectivity index (χ4n) is 3.01. The second-order valence-corrected chi connectivity index (χ2v) is 5.48. The number of methoxy groups -OCH3 is 1. The maximum Gasteiger partial charge on any atom is 0.331 e. The highest BCUT2D eigenvalue weighted by Gasteiger charge is 2.42. The molecule has 2 aliphatic rings. The smallest absolute Gasteiger partial charge is 0.331 e. The van der Waals surface area contributed by atoms with Crippen LogP contribution in [0, 0.1) is 0 Å². The van der Waals surface area contributed by atoms with Crippen molar-refractivity contribution in [3.8, 4) is 0 Å². The van der Waals surface area contributed by atoms with Crippen LogP contribution in [0.4, 0.5) is 0 Å². The van der Waals surface area contributed by atoms with E-state index in [0.717, 1.165) is 38.5 Å². The number of carbonyl (C=O) groups excluding carboxylic acids is 2. The molecule has 1 saturated carbocycles. The standard InChI is InChI=1S/C14H23NO4/c1-18-13(17)14(8-4-2-3-5-9-14)15-12(16)11-7-6-10-19-11/h11H,2-10H2,1H3,(H,15,16)/t11-/m1/s1. The van der Waals surface area contributed by atoms with Crippen molar-refractivity contribution in [2.75, 3.05) is 13.7 Å². The van der Waals surface area contributed by atoms with Gasteiger partial charge in [0.2, 0.25) is 5.91 Å². The van der Waals surface area contributed by atoms with E-state index in [1.165, 1.54) is 7.11 Å². The zero-order valence-corrected chi connectivity index (χ0v) is 11.6. The third kappa shape index (κ3) is 3.26. The molecule has 1 aliphatic heterocycles. The minimum absolute atomic E-state index is 0.162. The van der Waals surface area contributed by atoms with Gasteiger partial charge >= 0.3 is 5.97 Å². The van der Waals surface area contributed by atoms with E-state index in [4.69, 9.17) is 9.47 Å². The molecule has 1 saturated heterocycles. The lowest BCUT2D eigenvalue weighted by Gasteiger charge is -2.31. The molecule has 0 aromatic rings. The number of carbonyl (C=O) groups is 2. The minimum Gasteiger partial charge on any atom is -0.467 e. The molecule has 1 atom stereocenters. The largest absolute Gasteiger partial charge is 0.467 e. The highest BCUT2D eigenvalue weighted by Crippen LogP contribution is 2.29. The number of hydrogen-bond acceptors (Lipinski definition) is 4. The van der Waals surface area contributed by atoms with Crippen LogP contribution in [-0.2, 0) is 19.1 Å². The molecule has 1 aliphatic carbocycles. The second kappa shape index (κ2) is 6.37. The first-order chi connectivity index (χ1) is 9.18. The average Bonchev–Trinajstić information content (AvgIpc) is 2.86. The molecule has 0 spiro atoms. The van der Waals surface area contributed by atoms with Crippen molar-refractivity contribution in [2.24, 2.45) is 0 Å². The van der Waals surface area contributed by atoms with Crippen LogP contribution in [0.2, 0.25) is 0 Å². The summed E-state index contributed by atoms with van der Waals surface area (Å²) in [6.07, 6.45) is 6.68. The topological polar surface area (TPSA) is 64.6 Å². The lowest BCUT2D eigenvalue weighted by Crippen LogP contribution is -2.57. The van der Waals surface area contributed by atoms with Crippen LogP contribution in [0.25, 0.3) is 0 Å². The normalized spacial score (nSPS) is 26.5. The van der Waals surface area contributed by atoms with Crippen molar-refractivity contribution in [1.82, 2.24) is 5.32 Å². The van der Waals surface area contributed by atoms with Crippen molar-refractivity contribution in [3.63, 3.8) is 0 Å². The van der Waals surface area contributed by atoms with Crippen LogP contribution < -0.4 is 5.32 Å². The van der Waals surface area contributed by atoms with Gasteiger partial charge in [-0.3, -0.25) is 4.79 Å². The summed E-state index contributed by atoms with van der Waals surface area (Å²) in [4.78, 5) is 24.3. The van der Waals surface area contributed by atoms with E-state index in [9.17, 15) is 9.59 Å². The van der Waals surface area contributed by atoms with Gasteiger partial charge in [0, 0.05) is 6.61 Å². The molecule has 2 fully saturated rings. The van der Waals surface area contributed by atoms with Gasteiger partial charge in [0.05, 0.1) is 7.11 Å². The van der Waals surface area contributed by atoms with Crippen molar-refractivity contribution in [3.05, 3.63) is 0 Å². The lowest BCUT2D eigenvalue weighted by atomic mass is 9.89. The van der Waals surface area contributed by atoms with Crippen molar-refractivity contribution in [1.29, 1.82) is 0 Å². The fourth-order valence-corrected chi connectivity index (χ4v) is 3.01. The van der Waals surface area contributed by atoms with E-state index < -0.39 is 11.6 Å². The van der Waals surface area contributed by atoms with Crippen LogP contribution in [0.15, 0.2) is 0 Å². The van der Waals surface area contributed by atoms with Gasteiger partial charge in [-0.2, -0.15) is 0 Å². The molecule has 1 amide bonds. The van der Waals surface area contributed by atoms with Crippen LogP contribution in [-0.4, -0.2) is 37.2 Å². The molecule has 1 N–H and O–H groups in total. The first kappa shape index (κ1) is 14.3. The first-order valence-corrected chi connectivity index (χ1v) is 7.20. The molecule has 108 valence electrons. The molecule has 0 radical (unpaired) electrons. The molecule has 5 nitrogen and oxygen atoms in total. The number of esters is 1. The molecule has 19 heavy (non-hydrogen) atoms. The van der Waals surface area contributed by atoms with Gasteiger partial charge < -0.3 is 14.8 Å². The molecule has 2 rings (SSSR count). The minimum atomic E-state index is -0.839. The van der Waals surface area contributed by atoms with Gasteiger partial charge in [0.25, 0.3) is 0 Å². The SMILES string of the molecule is COC(=O)C1(NC(=O)[C@H]2CCCO2)CCCCCC1. The Morgan fingerprint density at radius 2 is 1.84 bits per heavy atom. The summed E-state index contributed by atoms with van der Waals surface area (Å²) in [5, 5.41) is 2.93. The van der Waals surface area contributed by atoms with E-state index in [-0.39, 0.29) is 11.9 Å². The van der Waals surface area contributed by atoms with Crippen molar-refractivity contribution >= 4 is 11.9 Å². The number of ether oxygens (including phenoxy) is 2. The highest BCUT2D eigenvalue weighted by molar-refractivity contribution is 5.90. The number of nitrogens with one attached hydrogen (secondary N) is 1. The van der Waals surface area contributed by atoms with E-state index in [1.807, 2.05) is 0 Å². The summed E-state index contributed by atoms with van der Waals surface area (Å²) in [6, 6.07) is 0. The second-order valence-electron chi connectivity index (χ2n) is 5.48. The number of hydrogen-bond donors (Lipinski definition) is 1. The number of amides is 1. The van der Waals surface area contributed by atoms with Gasteiger partial charge in [-0.15, -0.1) is 0 Å². The van der Waals surface area contributed by atoms with Gasteiger partial charge in [-0.25, -0.2) is 4.79 Å². The summed E-state index contributed by atoms with van der Waals surface area (Å²) in [5.41, 5.74) is -0.839. The maximum atomic E-state index is 12.2. The van der Waals surface area contributed by atoms with Crippen LogP contribution >= 0.6 is 0 Å². The fraction of sp³-hybridized carbons (Fsp3) is 0.857. The van der Waals surface area contributed by atoms with E-state index in [0.29, 0.717) is 19.4 Å². The Morgan fingerprint density at radius 3 is 2.37 bits per heavy atom. The Bertz CT molecular complexity index is 328. The first-order valence-electron chi connectivity index (χ1n) is 7.20. The summed E-state index contributed by atoms with van der Waals surface area (Å²) in [6.45, 7) is 0.628. The molecule has 0 unspecified atom stereocenters. The lowest BCUT2D eigenvalue weighted by molar-refractivity contribution is -0.153. The van der Waals surface area contributed by atoms with E-state index >= 15 is 0 Å². The molecule has 0 aromatic heterocycles. The predicted molar refractivity (Wildman–Crippen MR) is 69.6 cm³/mol. The molecular formula is C14H23NO4. The molecule has 5 heteroatoms. The monoisotopic (exact) mass is 269 g/mol. The zero-order chi connectivity index (χ0) is 13.7. The molecule has 0 aromatic carbocycles. The highest BCUT2D eigenvalue weighted by atomic mass is 16.5. The third-order valence-corrected chi connectivity index (χ3v) is 4.12. The predicted octanol–water partition coefficient (Wildman–Crippen LogP) is 1.55. The van der Waals surface area contributed by atoms with Gasteiger partial charge in [0.1, 0.15) is 11.6 Å². The molecule has 1 heterocycles. The van der Waals surface area contributed by atoms with E-state index in [1.54, 1.807) is 0 Å². The maximum absolute atomic E-state index is 12.2. The molecular weight excluding hydrogens is 246 g/mol. The summed E-state index contributed by atoms with van der Waals surface area (Å²) in [7, 11) is 1.38. The number of rotatable bonds is 3. The summed E-state index contributed by atoms with van der Waals surface area (Å²) in [5.74, 6) is -0.481.